The molecule has 8 heteroatoms. The van der Waals surface area contributed by atoms with E-state index in [0.717, 1.165) is 0 Å². The molecule has 7 nitrogen and oxygen atoms in total. The maximum Gasteiger partial charge on any atom is 0.328 e. The summed E-state index contributed by atoms with van der Waals surface area (Å²) in [6.07, 6.45) is 0.928. The highest BCUT2D eigenvalue weighted by Crippen LogP contribution is 1.97. The van der Waals surface area contributed by atoms with Gasteiger partial charge in [-0.3, -0.25) is 4.21 Å². The van der Waals surface area contributed by atoms with Crippen molar-refractivity contribution >= 4 is 22.8 Å². The Kier molecular flexibility index (Phi) is 7.53. The number of carbonyl (C=O) groups is 2. The van der Waals surface area contributed by atoms with Gasteiger partial charge in [0.15, 0.2) is 6.04 Å². The maximum absolute atomic E-state index is 11.3. The summed E-state index contributed by atoms with van der Waals surface area (Å²) in [5.74, 6) is -1.30. The summed E-state index contributed by atoms with van der Waals surface area (Å²) in [6, 6.07) is -2.01. The van der Waals surface area contributed by atoms with Crippen LogP contribution in [-0.4, -0.2) is 56.6 Å². The standard InChI is InChI=1S/C10H20N2O5S/c1-6(18(3)17)4-5-11-10(16)12-8(7(2)13)9(14)15/h6-8,13H,4-5H2,1-3H3,(H,14,15)(H2,11,12,16)/t6?,7-,8+,18?/m1/s1. The summed E-state index contributed by atoms with van der Waals surface area (Å²) in [7, 11) is -0.956. The second-order valence-electron chi connectivity index (χ2n) is 4.05. The van der Waals surface area contributed by atoms with Gasteiger partial charge in [-0.2, -0.15) is 0 Å². The fourth-order valence-corrected chi connectivity index (χ4v) is 1.59. The zero-order valence-corrected chi connectivity index (χ0v) is 11.5. The first-order valence-corrected chi connectivity index (χ1v) is 7.15. The molecule has 4 N–H and O–H groups in total. The molecular weight excluding hydrogens is 260 g/mol. The number of hydrogen-bond donors (Lipinski definition) is 4. The average molecular weight is 280 g/mol. The number of hydrogen-bond acceptors (Lipinski definition) is 4. The zero-order chi connectivity index (χ0) is 14.3. The molecule has 0 fully saturated rings. The molecule has 0 aliphatic carbocycles. The molecule has 2 unspecified atom stereocenters. The number of carboxylic acids is 1. The smallest absolute Gasteiger partial charge is 0.328 e. The molecule has 106 valence electrons. The molecule has 0 rings (SSSR count). The maximum atomic E-state index is 11.3. The first-order valence-electron chi connectivity index (χ1n) is 5.53. The summed E-state index contributed by atoms with van der Waals surface area (Å²) in [4.78, 5) is 22.0. The second-order valence-corrected chi connectivity index (χ2v) is 5.86. The van der Waals surface area contributed by atoms with Crippen LogP contribution >= 0.6 is 0 Å². The largest absolute Gasteiger partial charge is 0.480 e. The van der Waals surface area contributed by atoms with Gasteiger partial charge in [0.25, 0.3) is 0 Å². The summed E-state index contributed by atoms with van der Waals surface area (Å²) < 4.78 is 11.0. The van der Waals surface area contributed by atoms with Crippen LogP contribution in [0.15, 0.2) is 0 Å². The summed E-state index contributed by atoms with van der Waals surface area (Å²) in [5, 5.41) is 22.4. The van der Waals surface area contributed by atoms with Gasteiger partial charge in [0.2, 0.25) is 0 Å². The van der Waals surface area contributed by atoms with E-state index in [2.05, 4.69) is 10.6 Å². The number of rotatable bonds is 7. The number of nitrogens with one attached hydrogen (secondary N) is 2. The van der Waals surface area contributed by atoms with E-state index in [0.29, 0.717) is 13.0 Å². The fraction of sp³-hybridized carbons (Fsp3) is 0.800. The molecule has 0 aliphatic rings. The highest BCUT2D eigenvalue weighted by molar-refractivity contribution is 7.84. The molecule has 0 saturated heterocycles. The van der Waals surface area contributed by atoms with Gasteiger partial charge in [-0.15, -0.1) is 0 Å². The Hall–Kier alpha value is -1.15. The van der Waals surface area contributed by atoms with Crippen molar-refractivity contribution in [1.29, 1.82) is 0 Å². The molecule has 18 heavy (non-hydrogen) atoms. The lowest BCUT2D eigenvalue weighted by Crippen LogP contribution is -2.51. The van der Waals surface area contributed by atoms with Gasteiger partial charge in [0, 0.05) is 28.9 Å². The van der Waals surface area contributed by atoms with E-state index in [1.165, 1.54) is 6.92 Å². The van der Waals surface area contributed by atoms with Gasteiger partial charge in [-0.05, 0) is 13.3 Å². The Bertz CT molecular complexity index is 321. The molecule has 4 atom stereocenters. The van der Waals surface area contributed by atoms with Crippen LogP contribution in [0.3, 0.4) is 0 Å². The Morgan fingerprint density at radius 1 is 1.33 bits per heavy atom. The molecule has 0 radical (unpaired) electrons. The van der Waals surface area contributed by atoms with Crippen LogP contribution < -0.4 is 10.6 Å². The summed E-state index contributed by atoms with van der Waals surface area (Å²) >= 11 is 0. The van der Waals surface area contributed by atoms with Crippen LogP contribution in [0, 0.1) is 0 Å². The van der Waals surface area contributed by atoms with Crippen LogP contribution in [0.4, 0.5) is 4.79 Å². The van der Waals surface area contributed by atoms with E-state index < -0.39 is 34.9 Å². The minimum atomic E-state index is -1.34. The number of aliphatic hydroxyl groups excluding tert-OH is 1. The third-order valence-electron chi connectivity index (χ3n) is 2.44. The fourth-order valence-electron chi connectivity index (χ4n) is 1.14. The van der Waals surface area contributed by atoms with Crippen LogP contribution in [0.5, 0.6) is 0 Å². The van der Waals surface area contributed by atoms with Crippen molar-refractivity contribution in [1.82, 2.24) is 10.6 Å². The Balaban J connectivity index is 4.04. The van der Waals surface area contributed by atoms with Crippen molar-refractivity contribution in [2.45, 2.75) is 37.7 Å². The number of carbonyl (C=O) groups excluding carboxylic acids is 1. The lowest BCUT2D eigenvalue weighted by Gasteiger charge is -2.17. The van der Waals surface area contributed by atoms with E-state index in [1.807, 2.05) is 0 Å². The Morgan fingerprint density at radius 2 is 1.89 bits per heavy atom. The van der Waals surface area contributed by atoms with E-state index >= 15 is 0 Å². The number of aliphatic carboxylic acids is 1. The SMILES string of the molecule is CC(CCNC(=O)N[C@H](C(=O)O)[C@@H](C)O)S(C)=O. The number of carboxylic acid groups (broad SMARTS) is 1. The van der Waals surface area contributed by atoms with Gasteiger partial charge in [-0.1, -0.05) is 6.92 Å². The van der Waals surface area contributed by atoms with E-state index in [9.17, 15) is 13.8 Å². The molecule has 0 bridgehead atoms. The molecule has 0 aromatic carbocycles. The minimum Gasteiger partial charge on any atom is -0.480 e. The molecule has 0 spiro atoms. The van der Waals surface area contributed by atoms with Gasteiger partial charge >= 0.3 is 12.0 Å². The van der Waals surface area contributed by atoms with Gasteiger partial charge < -0.3 is 20.8 Å². The van der Waals surface area contributed by atoms with E-state index in [-0.39, 0.29) is 5.25 Å². The van der Waals surface area contributed by atoms with Gasteiger partial charge in [0.1, 0.15) is 0 Å². The topological polar surface area (TPSA) is 116 Å². The Labute approximate surface area is 108 Å². The third kappa shape index (κ3) is 6.55. The van der Waals surface area contributed by atoms with Crippen molar-refractivity contribution in [3.05, 3.63) is 0 Å². The molecule has 0 aromatic heterocycles. The van der Waals surface area contributed by atoms with Gasteiger partial charge in [-0.25, -0.2) is 9.59 Å². The first-order chi connectivity index (χ1) is 8.25. The third-order valence-corrected chi connectivity index (χ3v) is 3.81. The molecule has 0 aliphatic heterocycles. The van der Waals surface area contributed by atoms with Crippen molar-refractivity contribution < 1.29 is 24.0 Å². The number of amides is 2. The van der Waals surface area contributed by atoms with Gasteiger partial charge in [0.05, 0.1) is 6.10 Å². The van der Waals surface area contributed by atoms with Crippen molar-refractivity contribution in [3.8, 4) is 0 Å². The second kappa shape index (κ2) is 8.04. The summed E-state index contributed by atoms with van der Waals surface area (Å²) in [6.45, 7) is 3.37. The molecule has 0 aromatic rings. The minimum absolute atomic E-state index is 0.0441. The predicted octanol–water partition coefficient (Wildman–Crippen LogP) is -0.723. The molecule has 0 saturated carbocycles. The monoisotopic (exact) mass is 280 g/mol. The predicted molar refractivity (Wildman–Crippen MR) is 67.8 cm³/mol. The van der Waals surface area contributed by atoms with E-state index in [1.54, 1.807) is 13.2 Å². The number of urea groups is 1. The highest BCUT2D eigenvalue weighted by Gasteiger charge is 2.24. The lowest BCUT2D eigenvalue weighted by molar-refractivity contribution is -0.141. The Morgan fingerprint density at radius 3 is 2.28 bits per heavy atom. The molecule has 2 amide bonds. The van der Waals surface area contributed by atoms with Crippen LogP contribution in [0.1, 0.15) is 20.3 Å². The quantitative estimate of drug-likeness (QED) is 0.491. The molecule has 0 heterocycles. The average Bonchev–Trinajstić information content (AvgIpc) is 2.24. The van der Waals surface area contributed by atoms with Crippen LogP contribution in [-0.2, 0) is 15.6 Å². The first kappa shape index (κ1) is 16.9. The summed E-state index contributed by atoms with van der Waals surface area (Å²) in [5.41, 5.74) is 0. The van der Waals surface area contributed by atoms with E-state index in [4.69, 9.17) is 10.2 Å². The van der Waals surface area contributed by atoms with Crippen molar-refractivity contribution in [2.24, 2.45) is 0 Å². The molecular formula is C10H20N2O5S. The highest BCUT2D eigenvalue weighted by atomic mass is 32.2. The van der Waals surface area contributed by atoms with Crippen molar-refractivity contribution in [3.63, 3.8) is 0 Å². The number of aliphatic hydroxyl groups is 1. The zero-order valence-electron chi connectivity index (χ0n) is 10.7. The van der Waals surface area contributed by atoms with Crippen LogP contribution in [0.25, 0.3) is 0 Å². The van der Waals surface area contributed by atoms with Crippen molar-refractivity contribution in [2.75, 3.05) is 12.8 Å². The normalized spacial score (nSPS) is 17.3. The van der Waals surface area contributed by atoms with Crippen LogP contribution in [0.2, 0.25) is 0 Å². The lowest BCUT2D eigenvalue weighted by atomic mass is 10.2.